The van der Waals surface area contributed by atoms with E-state index in [4.69, 9.17) is 14.2 Å². The molecule has 0 amide bonds. The molecule has 1 aliphatic rings. The summed E-state index contributed by atoms with van der Waals surface area (Å²) in [4.78, 5) is 11.6. The van der Waals surface area contributed by atoms with E-state index in [1.807, 2.05) is 19.9 Å². The number of hydrogen-bond donors (Lipinski definition) is 0. The smallest absolute Gasteiger partial charge is 0.341 e. The van der Waals surface area contributed by atoms with Crippen molar-refractivity contribution in [2.24, 2.45) is 0 Å². The van der Waals surface area contributed by atoms with Crippen LogP contribution in [0.5, 0.6) is 11.5 Å². The zero-order valence-electron chi connectivity index (χ0n) is 10.5. The third kappa shape index (κ3) is 1.95. The van der Waals surface area contributed by atoms with E-state index in [0.29, 0.717) is 17.1 Å². The molecule has 0 saturated heterocycles. The molecule has 4 nitrogen and oxygen atoms in total. The maximum atomic E-state index is 11.6. The molecule has 1 aromatic carbocycles. The SMILES string of the molecule is COC(=O)c1ccc2c(c1OC)OC(C)(C)C2. The number of carbonyl (C=O) groups excluding carboxylic acids is 1. The zero-order valence-corrected chi connectivity index (χ0v) is 10.5. The number of ether oxygens (including phenoxy) is 3. The first kappa shape index (κ1) is 11.8. The predicted molar refractivity (Wildman–Crippen MR) is 62.7 cm³/mol. The van der Waals surface area contributed by atoms with Crippen molar-refractivity contribution in [1.82, 2.24) is 0 Å². The molecule has 0 bridgehead atoms. The van der Waals surface area contributed by atoms with Crippen LogP contribution in [0.4, 0.5) is 0 Å². The van der Waals surface area contributed by atoms with Gasteiger partial charge in [-0.15, -0.1) is 0 Å². The van der Waals surface area contributed by atoms with Crippen molar-refractivity contribution < 1.29 is 19.0 Å². The minimum absolute atomic E-state index is 0.260. The molecule has 0 aromatic heterocycles. The Balaban J connectivity index is 2.52. The lowest BCUT2D eigenvalue weighted by Crippen LogP contribution is -2.24. The molecule has 0 spiro atoms. The molecule has 0 radical (unpaired) electrons. The van der Waals surface area contributed by atoms with Crippen molar-refractivity contribution in [3.63, 3.8) is 0 Å². The number of rotatable bonds is 2. The second-order valence-electron chi connectivity index (χ2n) is 4.66. The van der Waals surface area contributed by atoms with Gasteiger partial charge in [0.25, 0.3) is 0 Å². The van der Waals surface area contributed by atoms with Crippen LogP contribution < -0.4 is 9.47 Å². The summed E-state index contributed by atoms with van der Waals surface area (Å²) in [6.07, 6.45) is 0.806. The Bertz CT molecular complexity index is 463. The number of esters is 1. The maximum Gasteiger partial charge on any atom is 0.341 e. The van der Waals surface area contributed by atoms with Crippen LogP contribution in [0.25, 0.3) is 0 Å². The molecule has 0 atom stereocenters. The van der Waals surface area contributed by atoms with Crippen molar-refractivity contribution >= 4 is 5.97 Å². The van der Waals surface area contributed by atoms with Gasteiger partial charge in [-0.3, -0.25) is 0 Å². The molecule has 17 heavy (non-hydrogen) atoms. The largest absolute Gasteiger partial charge is 0.492 e. The van der Waals surface area contributed by atoms with Gasteiger partial charge in [0.1, 0.15) is 11.2 Å². The highest BCUT2D eigenvalue weighted by Crippen LogP contribution is 2.43. The third-order valence-electron chi connectivity index (χ3n) is 2.80. The number of benzene rings is 1. The summed E-state index contributed by atoms with van der Waals surface area (Å²) in [5.41, 5.74) is 1.19. The molecule has 0 saturated carbocycles. The van der Waals surface area contributed by atoms with Gasteiger partial charge in [-0.05, 0) is 19.9 Å². The average molecular weight is 236 g/mol. The van der Waals surface area contributed by atoms with Crippen LogP contribution >= 0.6 is 0 Å². The number of fused-ring (bicyclic) bond motifs is 1. The quantitative estimate of drug-likeness (QED) is 0.738. The Kier molecular flexibility index (Phi) is 2.73. The summed E-state index contributed by atoms with van der Waals surface area (Å²) in [5, 5.41) is 0. The van der Waals surface area contributed by atoms with Gasteiger partial charge < -0.3 is 14.2 Å². The van der Waals surface area contributed by atoms with Crippen molar-refractivity contribution in [3.8, 4) is 11.5 Å². The van der Waals surface area contributed by atoms with E-state index in [-0.39, 0.29) is 5.60 Å². The van der Waals surface area contributed by atoms with Gasteiger partial charge >= 0.3 is 5.97 Å². The first-order valence-corrected chi connectivity index (χ1v) is 5.45. The first-order chi connectivity index (χ1) is 7.98. The Hall–Kier alpha value is -1.71. The third-order valence-corrected chi connectivity index (χ3v) is 2.80. The molecule has 0 N–H and O–H groups in total. The molecule has 1 heterocycles. The van der Waals surface area contributed by atoms with E-state index in [1.54, 1.807) is 6.07 Å². The number of hydrogen-bond acceptors (Lipinski definition) is 4. The maximum absolute atomic E-state index is 11.6. The molecule has 1 aromatic rings. The predicted octanol–water partition coefficient (Wildman–Crippen LogP) is 2.20. The highest BCUT2D eigenvalue weighted by Gasteiger charge is 2.34. The molecule has 4 heteroatoms. The second kappa shape index (κ2) is 3.95. The minimum Gasteiger partial charge on any atom is -0.492 e. The fourth-order valence-corrected chi connectivity index (χ4v) is 2.10. The Labute approximate surface area is 100 Å². The first-order valence-electron chi connectivity index (χ1n) is 5.45. The molecule has 2 rings (SSSR count). The molecular formula is C13H16O4. The fourth-order valence-electron chi connectivity index (χ4n) is 2.10. The van der Waals surface area contributed by atoms with E-state index in [0.717, 1.165) is 12.0 Å². The zero-order chi connectivity index (χ0) is 12.6. The molecule has 0 unspecified atom stereocenters. The lowest BCUT2D eigenvalue weighted by molar-refractivity contribution is 0.0594. The van der Waals surface area contributed by atoms with E-state index < -0.39 is 5.97 Å². The Morgan fingerprint density at radius 3 is 2.65 bits per heavy atom. The minimum atomic E-state index is -0.419. The number of carbonyl (C=O) groups is 1. The summed E-state index contributed by atoms with van der Waals surface area (Å²) < 4.78 is 15.8. The van der Waals surface area contributed by atoms with Crippen LogP contribution in [0.1, 0.15) is 29.8 Å². The van der Waals surface area contributed by atoms with Crippen LogP contribution in [-0.2, 0) is 11.2 Å². The standard InChI is InChI=1S/C13H16O4/c1-13(2)7-8-5-6-9(12(14)16-4)11(15-3)10(8)17-13/h5-6H,7H2,1-4H3. The van der Waals surface area contributed by atoms with Gasteiger partial charge in [0.05, 0.1) is 14.2 Å². The molecule has 0 fully saturated rings. The van der Waals surface area contributed by atoms with Crippen molar-refractivity contribution in [3.05, 3.63) is 23.3 Å². The van der Waals surface area contributed by atoms with Crippen molar-refractivity contribution in [1.29, 1.82) is 0 Å². The van der Waals surface area contributed by atoms with Gasteiger partial charge in [-0.2, -0.15) is 0 Å². The van der Waals surface area contributed by atoms with Gasteiger partial charge in [-0.1, -0.05) is 6.07 Å². The van der Waals surface area contributed by atoms with Crippen LogP contribution in [0.2, 0.25) is 0 Å². The summed E-state index contributed by atoms with van der Waals surface area (Å²) in [5.74, 6) is 0.693. The molecule has 1 aliphatic heterocycles. The lowest BCUT2D eigenvalue weighted by Gasteiger charge is -2.18. The molecule has 0 aliphatic carbocycles. The van der Waals surface area contributed by atoms with Crippen molar-refractivity contribution in [2.45, 2.75) is 25.9 Å². The van der Waals surface area contributed by atoms with E-state index in [1.165, 1.54) is 14.2 Å². The highest BCUT2D eigenvalue weighted by atomic mass is 16.5. The fraction of sp³-hybridized carbons (Fsp3) is 0.462. The van der Waals surface area contributed by atoms with Crippen LogP contribution in [0, 0.1) is 0 Å². The molecule has 92 valence electrons. The topological polar surface area (TPSA) is 44.8 Å². The van der Waals surface area contributed by atoms with E-state index in [9.17, 15) is 4.79 Å². The second-order valence-corrected chi connectivity index (χ2v) is 4.66. The van der Waals surface area contributed by atoms with Gasteiger partial charge in [0, 0.05) is 12.0 Å². The van der Waals surface area contributed by atoms with Crippen LogP contribution in [0.15, 0.2) is 12.1 Å². The summed E-state index contributed by atoms with van der Waals surface area (Å²) in [6.45, 7) is 4.01. The Morgan fingerprint density at radius 2 is 2.06 bits per heavy atom. The summed E-state index contributed by atoms with van der Waals surface area (Å²) in [7, 11) is 2.87. The number of methoxy groups -OCH3 is 2. The lowest BCUT2D eigenvalue weighted by atomic mass is 10.0. The van der Waals surface area contributed by atoms with Crippen molar-refractivity contribution in [2.75, 3.05) is 14.2 Å². The highest BCUT2D eigenvalue weighted by molar-refractivity contribution is 5.94. The van der Waals surface area contributed by atoms with Gasteiger partial charge in [-0.25, -0.2) is 4.79 Å². The van der Waals surface area contributed by atoms with E-state index >= 15 is 0 Å². The van der Waals surface area contributed by atoms with Crippen LogP contribution in [0.3, 0.4) is 0 Å². The summed E-state index contributed by atoms with van der Waals surface area (Å²) in [6, 6.07) is 3.60. The monoisotopic (exact) mass is 236 g/mol. The normalized spacial score (nSPS) is 16.0. The van der Waals surface area contributed by atoms with Crippen LogP contribution in [-0.4, -0.2) is 25.8 Å². The van der Waals surface area contributed by atoms with Gasteiger partial charge in [0.15, 0.2) is 11.5 Å². The van der Waals surface area contributed by atoms with Gasteiger partial charge in [0.2, 0.25) is 0 Å². The average Bonchev–Trinajstić information content (AvgIpc) is 2.60. The summed E-state index contributed by atoms with van der Waals surface area (Å²) >= 11 is 0. The van der Waals surface area contributed by atoms with E-state index in [2.05, 4.69) is 0 Å². The Morgan fingerprint density at radius 1 is 1.35 bits per heavy atom. The molecular weight excluding hydrogens is 220 g/mol.